The monoisotopic (exact) mass is 1870 g/mol. The molecule has 40 heteroatoms. The lowest BCUT2D eigenvalue weighted by Crippen LogP contribution is -2.65. The van der Waals surface area contributed by atoms with Gasteiger partial charge in [0.15, 0.2) is 0 Å². The molecule has 3 heterocycles. The number of likely N-dealkylation sites (N-methyl/N-ethyl adjacent to an activating group) is 1. The molecule has 7 rings (SSSR count). The second-order valence-electron chi connectivity index (χ2n) is 35.0. The second kappa shape index (κ2) is 48.9. The van der Waals surface area contributed by atoms with Crippen molar-refractivity contribution in [2.75, 3.05) is 27.2 Å². The van der Waals surface area contributed by atoms with Crippen molar-refractivity contribution in [2.45, 2.75) is 255 Å². The van der Waals surface area contributed by atoms with Gasteiger partial charge in [0.2, 0.25) is 88.6 Å². The zero-order valence-electron chi connectivity index (χ0n) is 76.8. The first kappa shape index (κ1) is 106. The number of ketones is 2. The Balaban J connectivity index is 1.34. The molecule has 0 aliphatic carbocycles. The number of unbranched alkanes of at least 4 members (excludes halogenated alkanes) is 1. The SMILES string of the molecule is COc1ccc(C[C@H](NC(=O)[C@H]2NC(=O)[C@H](CCCCNC(C)=O)NC(=O)[C@H](Cc3c[nH]c4c(C)cccc34)NC(=O)[C@H]([C@@H](C)O)NC(=O)[C@H](CC(C)=O)NC(=O)[C@@H](NC(C)=O)C(C)(C)SSC2(C)C)C(=O)N[C@@H](Cc2ccc3ccccc3c2)C(=O)N[C@@](C)(CC(C)C)C(=O)N[C@@H](CCC(=O)O)C(=O)N[C@@H](CC(N)=O)C(=O)N[C@@H](Cc2cccnc2)C(=O)N(C)CC(C)=O)cc1. The van der Waals surface area contributed by atoms with Crippen LogP contribution in [0.2, 0.25) is 0 Å². The van der Waals surface area contributed by atoms with Crippen LogP contribution in [0.15, 0.2) is 116 Å². The van der Waals surface area contributed by atoms with Crippen LogP contribution in [0, 0.1) is 12.8 Å². The van der Waals surface area contributed by atoms with Crippen LogP contribution in [0.25, 0.3) is 21.7 Å². The average molecular weight is 1870 g/mol. The summed E-state index contributed by atoms with van der Waals surface area (Å²) in [4.78, 5) is 266. The number of aliphatic carboxylic acids is 1. The Bertz CT molecular complexity index is 5210. The molecule has 0 bridgehead atoms. The molecule has 1 aliphatic rings. The van der Waals surface area contributed by atoms with Crippen LogP contribution in [0.5, 0.6) is 5.75 Å². The van der Waals surface area contributed by atoms with Crippen LogP contribution < -0.4 is 79.6 Å². The number of hydrogen-bond donors (Lipinski definition) is 17. The van der Waals surface area contributed by atoms with Gasteiger partial charge in [0.05, 0.1) is 26.2 Å². The zero-order valence-corrected chi connectivity index (χ0v) is 78.4. The number of nitrogens with one attached hydrogen (secondary N) is 14. The number of ether oxygens (including phenoxy) is 1. The number of hydrogen-bond acceptors (Lipinski definition) is 23. The van der Waals surface area contributed by atoms with Crippen molar-refractivity contribution in [1.82, 2.24) is 84.0 Å². The summed E-state index contributed by atoms with van der Waals surface area (Å²) >= 11 is 0. The highest BCUT2D eigenvalue weighted by atomic mass is 33.1. The first-order valence-corrected chi connectivity index (χ1v) is 45.4. The van der Waals surface area contributed by atoms with Crippen LogP contribution >= 0.6 is 21.6 Å². The number of Topliss-reactive ketones (excluding diaryl/α,β-unsaturated/α-hetero) is 2. The Morgan fingerprint density at radius 1 is 0.621 bits per heavy atom. The maximum absolute atomic E-state index is 16.3. The summed E-state index contributed by atoms with van der Waals surface area (Å²) in [5.74, 6) is -17.4. The van der Waals surface area contributed by atoms with Crippen molar-refractivity contribution in [1.29, 1.82) is 0 Å². The summed E-state index contributed by atoms with van der Waals surface area (Å²) in [7, 11) is 4.58. The number of nitrogens with two attached hydrogens (primary N) is 1. The molecule has 0 radical (unpaired) electrons. The molecule has 13 atom stereocenters. The zero-order chi connectivity index (χ0) is 97.8. The number of aromatic nitrogens is 2. The van der Waals surface area contributed by atoms with Crippen molar-refractivity contribution >= 4 is 149 Å². The van der Waals surface area contributed by atoms with Gasteiger partial charge in [-0.25, -0.2) is 0 Å². The van der Waals surface area contributed by atoms with Crippen LogP contribution in [-0.4, -0.2) is 246 Å². The quantitative estimate of drug-likeness (QED) is 0.0193. The summed E-state index contributed by atoms with van der Waals surface area (Å²) < 4.78 is 2.29. The number of carbonyl (C=O) groups excluding carboxylic acids is 17. The highest BCUT2D eigenvalue weighted by Gasteiger charge is 2.48. The fourth-order valence-electron chi connectivity index (χ4n) is 15.1. The van der Waals surface area contributed by atoms with Crippen molar-refractivity contribution < 1.29 is 101 Å². The molecule has 1 aliphatic heterocycles. The maximum Gasteiger partial charge on any atom is 0.303 e. The number of aliphatic hydroxyl groups is 1. The van der Waals surface area contributed by atoms with Gasteiger partial charge in [-0.1, -0.05) is 114 Å². The molecule has 4 aromatic carbocycles. The normalized spacial score (nSPS) is 19.1. The number of methoxy groups -OCH3 is 1. The van der Waals surface area contributed by atoms with Crippen molar-refractivity contribution in [3.8, 4) is 5.75 Å². The Hall–Kier alpha value is -12.9. The molecular formula is C92H123N17O21S2. The minimum absolute atomic E-state index is 0.109. The molecular weight excluding hydrogens is 1740 g/mol. The first-order valence-electron chi connectivity index (χ1n) is 43.3. The number of carboxylic acids is 1. The highest BCUT2D eigenvalue weighted by Crippen LogP contribution is 2.47. The molecule has 1 saturated heterocycles. The molecule has 714 valence electrons. The molecule has 0 saturated carbocycles. The number of aryl methyl sites for hydroxylation is 1. The topological polar surface area (TPSA) is 571 Å². The van der Waals surface area contributed by atoms with Gasteiger partial charge in [0.25, 0.3) is 0 Å². The minimum atomic E-state index is -2.11. The number of nitrogens with zero attached hydrogens (tertiary/aromatic N) is 2. The Labute approximate surface area is 773 Å². The van der Waals surface area contributed by atoms with Crippen molar-refractivity contribution in [3.05, 3.63) is 143 Å². The van der Waals surface area contributed by atoms with E-state index < -0.39 is 219 Å². The number of para-hydroxylation sites is 1. The molecule has 132 heavy (non-hydrogen) atoms. The van der Waals surface area contributed by atoms with E-state index in [-0.39, 0.29) is 70.4 Å². The third kappa shape index (κ3) is 32.0. The lowest BCUT2D eigenvalue weighted by atomic mass is 9.88. The van der Waals surface area contributed by atoms with Gasteiger partial charge in [-0.3, -0.25) is 91.3 Å². The number of fused-ring (bicyclic) bond motifs is 2. The van der Waals surface area contributed by atoms with Gasteiger partial charge in [0.1, 0.15) is 89.3 Å². The summed E-state index contributed by atoms with van der Waals surface area (Å²) in [6.07, 6.45) is -1.56. The first-order chi connectivity index (χ1) is 62.1. The number of rotatable bonds is 40. The van der Waals surface area contributed by atoms with E-state index in [0.717, 1.165) is 51.3 Å². The summed E-state index contributed by atoms with van der Waals surface area (Å²) in [6.45, 7) is 18.4. The molecule has 1 fully saturated rings. The van der Waals surface area contributed by atoms with Gasteiger partial charge < -0.3 is 99.7 Å². The minimum Gasteiger partial charge on any atom is -0.497 e. The fourth-order valence-corrected chi connectivity index (χ4v) is 18.0. The summed E-state index contributed by atoms with van der Waals surface area (Å²) in [6, 6.07) is 8.31. The van der Waals surface area contributed by atoms with E-state index in [1.807, 2.05) is 25.1 Å². The lowest BCUT2D eigenvalue weighted by Gasteiger charge is -2.39. The van der Waals surface area contributed by atoms with Gasteiger partial charge in [-0.05, 0) is 157 Å². The van der Waals surface area contributed by atoms with Gasteiger partial charge >= 0.3 is 5.97 Å². The Morgan fingerprint density at radius 3 is 1.84 bits per heavy atom. The van der Waals surface area contributed by atoms with Crippen LogP contribution in [0.3, 0.4) is 0 Å². The molecule has 15 amide bonds. The Morgan fingerprint density at radius 2 is 1.22 bits per heavy atom. The van der Waals surface area contributed by atoms with Crippen molar-refractivity contribution in [2.24, 2.45) is 11.7 Å². The molecule has 0 spiro atoms. The standard InChI is InChI=1S/C92H123N17O21S2/c1-49(2)45-92(13,89(129)105-65(34-35-73(116)117)78(118)100-70(44-72(93)115)82(122)104-71(42-58-23-21-36-94-46-58)88(128)109(14)48-52(5)111)108-84(124)68(41-57-28-31-59-24-16-17-25-60(59)39-57)99-80(120)67(40-56-29-32-62(130-15)33-30-56)103-87(127)77-91(11,12)132-131-90(9,10)76(97-55(8)114)86(126)102-66(38-51(4)110)83(123)106-75(53(6)112)85(125)101-69(43-61-47-96-74-50(3)22-20-26-63(61)74)81(121)98-64(79(119)107-77)27-18-19-37-95-54(7)113/h16-17,20-26,28-33,36,39,46-47,49,53,64-71,75-77,96,112H,18-19,27,34-35,37-38,40-45,48H2,1-15H3,(H2,93,115)(H,95,113)(H,97,114)(H,98,121)(H,99,120)(H,100,118)(H,101,125)(H,102,126)(H,103,127)(H,104,122)(H,105,129)(H,106,123)(H,107,119)(H,108,124)(H,116,117)/t53-,64+,65+,66+,67+,68+,69+,70+,71+,75+,76-,77-,92+/m1/s1. The van der Waals surface area contributed by atoms with Gasteiger partial charge in [-0.15, -0.1) is 0 Å². The summed E-state index contributed by atoms with van der Waals surface area (Å²) in [5.41, 5.74) is 6.79. The van der Waals surface area contributed by atoms with Gasteiger partial charge in [-0.2, -0.15) is 0 Å². The number of benzene rings is 4. The number of aromatic amines is 1. The lowest BCUT2D eigenvalue weighted by molar-refractivity contribution is -0.140. The second-order valence-corrected chi connectivity index (χ2v) is 38.4. The van der Waals surface area contributed by atoms with E-state index in [2.05, 4.69) is 79.1 Å². The van der Waals surface area contributed by atoms with E-state index in [9.17, 15) is 67.7 Å². The van der Waals surface area contributed by atoms with Crippen molar-refractivity contribution in [3.63, 3.8) is 0 Å². The van der Waals surface area contributed by atoms with Gasteiger partial charge in [0, 0.05) is 105 Å². The van der Waals surface area contributed by atoms with Crippen LogP contribution in [0.1, 0.15) is 162 Å². The van der Waals surface area contributed by atoms with E-state index in [4.69, 9.17) is 10.5 Å². The van der Waals surface area contributed by atoms with E-state index >= 15 is 28.8 Å². The van der Waals surface area contributed by atoms with E-state index in [1.165, 1.54) is 81.9 Å². The third-order valence-electron chi connectivity index (χ3n) is 22.0. The molecule has 38 nitrogen and oxygen atoms in total. The number of pyridine rings is 1. The average Bonchev–Trinajstić information content (AvgIpc) is 1.21. The smallest absolute Gasteiger partial charge is 0.303 e. The molecule has 6 aromatic rings. The number of aliphatic hydroxyl groups excluding tert-OH is 1. The summed E-state index contributed by atoms with van der Waals surface area (Å²) in [5, 5.41) is 58.1. The molecule has 0 unspecified atom stereocenters. The predicted molar refractivity (Wildman–Crippen MR) is 494 cm³/mol. The predicted octanol–water partition coefficient (Wildman–Crippen LogP) is 1.98. The number of primary amides is 1. The van der Waals surface area contributed by atoms with Crippen LogP contribution in [-0.2, 0) is 112 Å². The van der Waals surface area contributed by atoms with E-state index in [1.54, 1.807) is 98.9 Å². The number of H-pyrrole nitrogens is 1. The highest BCUT2D eigenvalue weighted by molar-refractivity contribution is 8.77. The number of carbonyl (C=O) groups is 18. The largest absolute Gasteiger partial charge is 0.497 e. The van der Waals surface area contributed by atoms with E-state index in [0.29, 0.717) is 44.3 Å². The number of amides is 15. The molecule has 2 aromatic heterocycles. The Kier molecular flexibility index (Phi) is 39.3. The maximum atomic E-state index is 16.3. The number of carboxylic acid groups (broad SMARTS) is 1. The molecule has 18 N–H and O–H groups in total. The van der Waals surface area contributed by atoms with Crippen LogP contribution in [0.4, 0.5) is 0 Å². The third-order valence-corrected chi connectivity index (χ3v) is 26.2. The fraction of sp³-hybridized carbons (Fsp3) is 0.489.